The van der Waals surface area contributed by atoms with Crippen molar-refractivity contribution in [2.45, 2.75) is 26.4 Å². The summed E-state index contributed by atoms with van der Waals surface area (Å²) in [4.78, 5) is 21.4. The minimum Gasteiger partial charge on any atom is -0.444 e. The SMILES string of the molecule is CN(C)c1ncc(C#CCNC(=O)OC(C)(C)C)cn1. The van der Waals surface area contributed by atoms with Crippen LogP contribution < -0.4 is 10.2 Å². The lowest BCUT2D eigenvalue weighted by molar-refractivity contribution is 0.0535. The maximum absolute atomic E-state index is 11.4. The summed E-state index contributed by atoms with van der Waals surface area (Å²) in [5, 5.41) is 2.56. The van der Waals surface area contributed by atoms with Gasteiger partial charge in [0.1, 0.15) is 5.60 Å². The molecule has 1 rings (SSSR count). The minimum absolute atomic E-state index is 0.213. The predicted molar refractivity (Wildman–Crippen MR) is 77.5 cm³/mol. The van der Waals surface area contributed by atoms with Crippen LogP contribution in [0.5, 0.6) is 0 Å². The first-order chi connectivity index (χ1) is 9.28. The molecule has 6 heteroatoms. The molecule has 1 heterocycles. The first-order valence-corrected chi connectivity index (χ1v) is 6.23. The molecule has 0 atom stereocenters. The van der Waals surface area contributed by atoms with Gasteiger partial charge in [-0.15, -0.1) is 0 Å². The van der Waals surface area contributed by atoms with Crippen molar-refractivity contribution in [3.8, 4) is 11.8 Å². The van der Waals surface area contributed by atoms with Crippen LogP contribution >= 0.6 is 0 Å². The van der Waals surface area contributed by atoms with Gasteiger partial charge < -0.3 is 15.0 Å². The van der Waals surface area contributed by atoms with E-state index in [4.69, 9.17) is 4.74 Å². The molecular weight excluding hydrogens is 256 g/mol. The highest BCUT2D eigenvalue weighted by molar-refractivity contribution is 5.68. The zero-order valence-corrected chi connectivity index (χ0v) is 12.5. The molecule has 20 heavy (non-hydrogen) atoms. The molecule has 6 nitrogen and oxygen atoms in total. The van der Waals surface area contributed by atoms with Crippen molar-refractivity contribution in [3.05, 3.63) is 18.0 Å². The van der Waals surface area contributed by atoms with Gasteiger partial charge >= 0.3 is 6.09 Å². The van der Waals surface area contributed by atoms with E-state index in [1.165, 1.54) is 0 Å². The van der Waals surface area contributed by atoms with Gasteiger partial charge in [0.05, 0.1) is 12.1 Å². The predicted octanol–water partition coefficient (Wildman–Crippen LogP) is 1.42. The molecule has 1 aromatic heterocycles. The number of amides is 1. The van der Waals surface area contributed by atoms with E-state index < -0.39 is 11.7 Å². The molecule has 0 saturated heterocycles. The fourth-order valence-electron chi connectivity index (χ4n) is 1.19. The molecule has 0 unspecified atom stereocenters. The molecule has 1 amide bonds. The number of hydrogen-bond acceptors (Lipinski definition) is 5. The highest BCUT2D eigenvalue weighted by Gasteiger charge is 2.14. The van der Waals surface area contributed by atoms with Crippen LogP contribution in [0.3, 0.4) is 0 Å². The highest BCUT2D eigenvalue weighted by atomic mass is 16.6. The van der Waals surface area contributed by atoms with Gasteiger partial charge in [-0.1, -0.05) is 11.8 Å². The number of anilines is 1. The summed E-state index contributed by atoms with van der Waals surface area (Å²) in [5.41, 5.74) is 0.189. The van der Waals surface area contributed by atoms with Crippen LogP contribution in [0.1, 0.15) is 26.3 Å². The molecule has 1 N–H and O–H groups in total. The lowest BCUT2D eigenvalue weighted by Crippen LogP contribution is -2.32. The number of nitrogens with one attached hydrogen (secondary N) is 1. The van der Waals surface area contributed by atoms with E-state index in [2.05, 4.69) is 27.1 Å². The smallest absolute Gasteiger partial charge is 0.408 e. The fraction of sp³-hybridized carbons (Fsp3) is 0.500. The number of ether oxygens (including phenoxy) is 1. The number of aromatic nitrogens is 2. The second-order valence-corrected chi connectivity index (χ2v) is 5.32. The van der Waals surface area contributed by atoms with Gasteiger partial charge in [0.2, 0.25) is 5.95 Å². The van der Waals surface area contributed by atoms with Gasteiger partial charge in [0.25, 0.3) is 0 Å². The Balaban J connectivity index is 2.45. The molecule has 0 spiro atoms. The van der Waals surface area contributed by atoms with Crippen LogP contribution in [-0.2, 0) is 4.74 Å². The lowest BCUT2D eigenvalue weighted by atomic mass is 10.2. The van der Waals surface area contributed by atoms with E-state index in [-0.39, 0.29) is 6.54 Å². The van der Waals surface area contributed by atoms with Crippen molar-refractivity contribution in [1.82, 2.24) is 15.3 Å². The van der Waals surface area contributed by atoms with Crippen molar-refractivity contribution < 1.29 is 9.53 Å². The van der Waals surface area contributed by atoms with E-state index in [1.807, 2.05) is 34.9 Å². The molecule has 0 aliphatic rings. The first kappa shape index (κ1) is 15.8. The molecule has 0 radical (unpaired) electrons. The van der Waals surface area contributed by atoms with Crippen molar-refractivity contribution >= 4 is 12.0 Å². The lowest BCUT2D eigenvalue weighted by Gasteiger charge is -2.18. The monoisotopic (exact) mass is 276 g/mol. The number of rotatable bonds is 2. The van der Waals surface area contributed by atoms with Gasteiger partial charge in [0.15, 0.2) is 0 Å². The Labute approximate surface area is 119 Å². The molecule has 0 aliphatic heterocycles. The standard InChI is InChI=1S/C14H20N4O2/c1-14(2,3)20-13(19)15-8-6-7-11-9-16-12(17-10-11)18(4)5/h9-10H,8H2,1-5H3,(H,15,19). The molecule has 1 aromatic rings. The van der Waals surface area contributed by atoms with Crippen molar-refractivity contribution in [1.29, 1.82) is 0 Å². The van der Waals surface area contributed by atoms with Crippen molar-refractivity contribution in [2.75, 3.05) is 25.5 Å². The Morgan fingerprint density at radius 2 is 1.95 bits per heavy atom. The summed E-state index contributed by atoms with van der Waals surface area (Å²) >= 11 is 0. The maximum Gasteiger partial charge on any atom is 0.408 e. The van der Waals surface area contributed by atoms with Crippen LogP contribution in [0.2, 0.25) is 0 Å². The summed E-state index contributed by atoms with van der Waals surface area (Å²) in [6.07, 6.45) is 2.80. The topological polar surface area (TPSA) is 67.4 Å². The maximum atomic E-state index is 11.4. The van der Waals surface area contributed by atoms with Crippen molar-refractivity contribution in [3.63, 3.8) is 0 Å². The summed E-state index contributed by atoms with van der Waals surface area (Å²) in [6.45, 7) is 5.63. The van der Waals surface area contributed by atoms with Gasteiger partial charge in [-0.05, 0) is 20.8 Å². The van der Waals surface area contributed by atoms with E-state index in [0.29, 0.717) is 11.5 Å². The summed E-state index contributed by atoms with van der Waals surface area (Å²) in [5.74, 6) is 6.30. The minimum atomic E-state index is -0.507. The van der Waals surface area contributed by atoms with E-state index in [1.54, 1.807) is 17.3 Å². The summed E-state index contributed by atoms with van der Waals surface area (Å²) in [6, 6.07) is 0. The molecular formula is C14H20N4O2. The van der Waals surface area contributed by atoms with E-state index >= 15 is 0 Å². The average Bonchev–Trinajstić information content (AvgIpc) is 2.33. The summed E-state index contributed by atoms with van der Waals surface area (Å²) in [7, 11) is 3.73. The zero-order valence-electron chi connectivity index (χ0n) is 12.5. The van der Waals surface area contributed by atoms with Crippen LogP contribution in [0.25, 0.3) is 0 Å². The third-order valence-corrected chi connectivity index (χ3v) is 1.99. The Hall–Kier alpha value is -2.29. The first-order valence-electron chi connectivity index (χ1n) is 6.23. The van der Waals surface area contributed by atoms with Crippen molar-refractivity contribution in [2.24, 2.45) is 0 Å². The van der Waals surface area contributed by atoms with Gasteiger partial charge in [-0.25, -0.2) is 14.8 Å². The van der Waals surface area contributed by atoms with Crippen LogP contribution in [0.15, 0.2) is 12.4 Å². The Morgan fingerprint density at radius 3 is 2.45 bits per heavy atom. The molecule has 0 fully saturated rings. The third kappa shape index (κ3) is 6.05. The molecule has 0 aromatic carbocycles. The van der Waals surface area contributed by atoms with Gasteiger partial charge in [-0.3, -0.25) is 0 Å². The number of hydrogen-bond donors (Lipinski definition) is 1. The zero-order chi connectivity index (χ0) is 15.2. The number of carbonyl (C=O) groups is 1. The molecule has 0 aliphatic carbocycles. The van der Waals surface area contributed by atoms with E-state index in [0.717, 1.165) is 0 Å². The Kier molecular flexibility index (Phi) is 5.32. The van der Waals surface area contributed by atoms with Gasteiger partial charge in [0, 0.05) is 26.5 Å². The number of alkyl carbamates (subject to hydrolysis) is 1. The number of nitrogens with zero attached hydrogens (tertiary/aromatic N) is 3. The molecule has 0 saturated carbocycles. The second-order valence-electron chi connectivity index (χ2n) is 5.32. The van der Waals surface area contributed by atoms with Crippen LogP contribution in [-0.4, -0.2) is 42.3 Å². The largest absolute Gasteiger partial charge is 0.444 e. The molecule has 0 bridgehead atoms. The van der Waals surface area contributed by atoms with Gasteiger partial charge in [-0.2, -0.15) is 0 Å². The average molecular weight is 276 g/mol. The highest BCUT2D eigenvalue weighted by Crippen LogP contribution is 2.06. The Bertz CT molecular complexity index is 507. The van der Waals surface area contributed by atoms with E-state index in [9.17, 15) is 4.79 Å². The Morgan fingerprint density at radius 1 is 1.35 bits per heavy atom. The number of carbonyl (C=O) groups excluding carboxylic acids is 1. The summed E-state index contributed by atoms with van der Waals surface area (Å²) < 4.78 is 5.08. The second kappa shape index (κ2) is 6.75. The normalized spacial score (nSPS) is 10.2. The fourth-order valence-corrected chi connectivity index (χ4v) is 1.19. The molecule has 108 valence electrons. The van der Waals surface area contributed by atoms with Crippen LogP contribution in [0.4, 0.5) is 10.7 Å². The third-order valence-electron chi connectivity index (χ3n) is 1.99. The quantitative estimate of drug-likeness (QED) is 0.827. The van der Waals surface area contributed by atoms with Crippen LogP contribution in [0, 0.1) is 11.8 Å².